The van der Waals surface area contributed by atoms with Gasteiger partial charge < -0.3 is 4.90 Å². The minimum Gasteiger partial charge on any atom is -0.329 e. The molecule has 8 heteroatoms. The van der Waals surface area contributed by atoms with Crippen LogP contribution < -0.4 is 5.14 Å². The molecule has 1 aromatic carbocycles. The molecule has 0 aliphatic heterocycles. The van der Waals surface area contributed by atoms with Crippen LogP contribution >= 0.6 is 11.3 Å². The summed E-state index contributed by atoms with van der Waals surface area (Å²) in [4.78, 5) is 18.7. The van der Waals surface area contributed by atoms with E-state index in [2.05, 4.69) is 4.98 Å². The Balaban J connectivity index is 1.81. The summed E-state index contributed by atoms with van der Waals surface area (Å²) in [7, 11) is -3.74. The standard InChI is InChI=1S/C14H15N3O3S2/c15-22(19,20)12-5-1-10(2-6-12)14(18)17(11-3-4-11)9-13-16-7-8-21-13/h1-2,5-8,11H,3-4,9H2,(H2,15,19,20). The molecule has 0 atom stereocenters. The summed E-state index contributed by atoms with van der Waals surface area (Å²) in [5, 5.41) is 7.83. The lowest BCUT2D eigenvalue weighted by molar-refractivity contribution is 0.0729. The molecule has 1 saturated carbocycles. The molecule has 3 rings (SSSR count). The molecule has 1 fully saturated rings. The van der Waals surface area contributed by atoms with Gasteiger partial charge in [-0.1, -0.05) is 0 Å². The first kappa shape index (κ1) is 15.1. The topological polar surface area (TPSA) is 93.4 Å². The van der Waals surface area contributed by atoms with Crippen LogP contribution in [0.15, 0.2) is 40.7 Å². The van der Waals surface area contributed by atoms with Gasteiger partial charge in [0.1, 0.15) is 5.01 Å². The minimum atomic E-state index is -3.74. The van der Waals surface area contributed by atoms with Crippen molar-refractivity contribution in [2.45, 2.75) is 30.3 Å². The Morgan fingerprint density at radius 2 is 2.00 bits per heavy atom. The van der Waals surface area contributed by atoms with Gasteiger partial charge >= 0.3 is 0 Å². The predicted octanol–water partition coefficient (Wildman–Crippen LogP) is 1.60. The van der Waals surface area contributed by atoms with E-state index in [1.54, 1.807) is 11.1 Å². The summed E-state index contributed by atoms with van der Waals surface area (Å²) in [6, 6.07) is 5.96. The fraction of sp³-hybridized carbons (Fsp3) is 0.286. The van der Waals surface area contributed by atoms with Gasteiger partial charge in [0.25, 0.3) is 5.91 Å². The number of carbonyl (C=O) groups excluding carboxylic acids is 1. The second-order valence-electron chi connectivity index (χ2n) is 5.16. The van der Waals surface area contributed by atoms with Gasteiger partial charge in [0.2, 0.25) is 10.0 Å². The molecule has 0 radical (unpaired) electrons. The molecule has 2 N–H and O–H groups in total. The third-order valence-electron chi connectivity index (χ3n) is 3.47. The monoisotopic (exact) mass is 337 g/mol. The van der Waals surface area contributed by atoms with Crippen LogP contribution in [0.2, 0.25) is 0 Å². The van der Waals surface area contributed by atoms with E-state index in [0.717, 1.165) is 17.8 Å². The number of carbonyl (C=O) groups is 1. The Morgan fingerprint density at radius 3 is 2.50 bits per heavy atom. The highest BCUT2D eigenvalue weighted by atomic mass is 32.2. The van der Waals surface area contributed by atoms with Crippen LogP contribution in [0.4, 0.5) is 0 Å². The summed E-state index contributed by atoms with van der Waals surface area (Å²) in [5.41, 5.74) is 0.454. The molecule has 1 aliphatic carbocycles. The average Bonchev–Trinajstić information content (AvgIpc) is 3.20. The Kier molecular flexibility index (Phi) is 3.98. The molecular weight excluding hydrogens is 322 g/mol. The van der Waals surface area contributed by atoms with Crippen LogP contribution in [-0.4, -0.2) is 30.3 Å². The van der Waals surface area contributed by atoms with Crippen molar-refractivity contribution in [3.8, 4) is 0 Å². The van der Waals surface area contributed by atoms with E-state index in [4.69, 9.17) is 5.14 Å². The third-order valence-corrected chi connectivity index (χ3v) is 5.16. The van der Waals surface area contributed by atoms with Crippen molar-refractivity contribution in [1.82, 2.24) is 9.88 Å². The van der Waals surface area contributed by atoms with Gasteiger partial charge in [0, 0.05) is 23.2 Å². The van der Waals surface area contributed by atoms with E-state index < -0.39 is 10.0 Å². The largest absolute Gasteiger partial charge is 0.329 e. The first-order valence-electron chi connectivity index (χ1n) is 6.77. The fourth-order valence-corrected chi connectivity index (χ4v) is 3.31. The van der Waals surface area contributed by atoms with Crippen LogP contribution in [0.3, 0.4) is 0 Å². The number of nitrogens with zero attached hydrogens (tertiary/aromatic N) is 2. The number of benzene rings is 1. The van der Waals surface area contributed by atoms with Crippen molar-refractivity contribution in [3.63, 3.8) is 0 Å². The zero-order chi connectivity index (χ0) is 15.7. The molecule has 0 bridgehead atoms. The predicted molar refractivity (Wildman–Crippen MR) is 82.8 cm³/mol. The van der Waals surface area contributed by atoms with E-state index in [-0.39, 0.29) is 16.8 Å². The van der Waals surface area contributed by atoms with Crippen LogP contribution in [-0.2, 0) is 16.6 Å². The Morgan fingerprint density at radius 1 is 1.32 bits per heavy atom. The lowest BCUT2D eigenvalue weighted by atomic mass is 10.2. The molecule has 6 nitrogen and oxygen atoms in total. The summed E-state index contributed by atoms with van der Waals surface area (Å²) >= 11 is 1.51. The molecule has 2 aromatic rings. The van der Waals surface area contributed by atoms with Crippen molar-refractivity contribution in [1.29, 1.82) is 0 Å². The Labute approximate surface area is 132 Å². The van der Waals surface area contributed by atoms with Crippen molar-refractivity contribution in [2.24, 2.45) is 5.14 Å². The maximum absolute atomic E-state index is 12.6. The second-order valence-corrected chi connectivity index (χ2v) is 7.70. The number of aromatic nitrogens is 1. The maximum atomic E-state index is 12.6. The number of hydrogen-bond acceptors (Lipinski definition) is 5. The van der Waals surface area contributed by atoms with Gasteiger partial charge in [-0.25, -0.2) is 18.5 Å². The lowest BCUT2D eigenvalue weighted by Gasteiger charge is -2.21. The molecule has 1 aromatic heterocycles. The highest BCUT2D eigenvalue weighted by Gasteiger charge is 2.33. The van der Waals surface area contributed by atoms with Gasteiger partial charge in [0.05, 0.1) is 11.4 Å². The SMILES string of the molecule is NS(=O)(=O)c1ccc(C(=O)N(Cc2nccs2)C2CC2)cc1. The quantitative estimate of drug-likeness (QED) is 0.896. The maximum Gasteiger partial charge on any atom is 0.254 e. The van der Waals surface area contributed by atoms with Gasteiger partial charge in [-0.05, 0) is 37.1 Å². The summed E-state index contributed by atoms with van der Waals surface area (Å²) < 4.78 is 22.5. The molecular formula is C14H15N3O3S2. The first-order valence-corrected chi connectivity index (χ1v) is 9.20. The van der Waals surface area contributed by atoms with Crippen molar-refractivity contribution in [2.75, 3.05) is 0 Å². The molecule has 0 unspecified atom stereocenters. The van der Waals surface area contributed by atoms with Crippen LogP contribution in [0.1, 0.15) is 28.2 Å². The van der Waals surface area contributed by atoms with E-state index >= 15 is 0 Å². The molecule has 116 valence electrons. The number of hydrogen-bond donors (Lipinski definition) is 1. The van der Waals surface area contributed by atoms with Crippen LogP contribution in [0.5, 0.6) is 0 Å². The fourth-order valence-electron chi connectivity index (χ4n) is 2.18. The van der Waals surface area contributed by atoms with Crippen molar-refractivity contribution in [3.05, 3.63) is 46.4 Å². The zero-order valence-electron chi connectivity index (χ0n) is 11.7. The molecule has 0 saturated heterocycles. The number of primary sulfonamides is 1. The number of amides is 1. The number of rotatable bonds is 5. The second kappa shape index (κ2) is 5.79. The zero-order valence-corrected chi connectivity index (χ0v) is 13.3. The molecule has 1 heterocycles. The normalized spacial score (nSPS) is 14.8. The third kappa shape index (κ3) is 3.34. The molecule has 22 heavy (non-hydrogen) atoms. The highest BCUT2D eigenvalue weighted by Crippen LogP contribution is 2.30. The summed E-state index contributed by atoms with van der Waals surface area (Å²) in [6.45, 7) is 0.484. The van der Waals surface area contributed by atoms with Crippen LogP contribution in [0.25, 0.3) is 0 Å². The number of sulfonamides is 1. The van der Waals surface area contributed by atoms with E-state index in [1.807, 2.05) is 5.38 Å². The van der Waals surface area contributed by atoms with Gasteiger partial charge in [-0.15, -0.1) is 11.3 Å². The highest BCUT2D eigenvalue weighted by molar-refractivity contribution is 7.89. The van der Waals surface area contributed by atoms with E-state index in [9.17, 15) is 13.2 Å². The Hall–Kier alpha value is -1.77. The lowest BCUT2D eigenvalue weighted by Crippen LogP contribution is -2.32. The summed E-state index contributed by atoms with van der Waals surface area (Å²) in [6.07, 6.45) is 3.70. The molecule has 1 aliphatic rings. The number of thiazole rings is 1. The number of nitrogens with two attached hydrogens (primary N) is 1. The minimum absolute atomic E-state index is 0.00180. The van der Waals surface area contributed by atoms with E-state index in [0.29, 0.717) is 12.1 Å². The smallest absolute Gasteiger partial charge is 0.254 e. The van der Waals surface area contributed by atoms with Crippen molar-refractivity contribution >= 4 is 27.3 Å². The van der Waals surface area contributed by atoms with Crippen molar-refractivity contribution < 1.29 is 13.2 Å². The molecule has 0 spiro atoms. The first-order chi connectivity index (χ1) is 10.4. The van der Waals surface area contributed by atoms with E-state index in [1.165, 1.54) is 35.6 Å². The molecule has 1 amide bonds. The van der Waals surface area contributed by atoms with Gasteiger partial charge in [0.15, 0.2) is 0 Å². The van der Waals surface area contributed by atoms with Gasteiger partial charge in [-0.2, -0.15) is 0 Å². The Bertz CT molecular complexity index is 766. The average molecular weight is 337 g/mol. The van der Waals surface area contributed by atoms with Gasteiger partial charge in [-0.3, -0.25) is 4.79 Å². The van der Waals surface area contributed by atoms with Crippen LogP contribution in [0, 0.1) is 0 Å². The summed E-state index contributed by atoms with van der Waals surface area (Å²) in [5.74, 6) is -0.112.